The number of rotatable bonds is 7. The summed E-state index contributed by atoms with van der Waals surface area (Å²) < 4.78 is 28.0. The number of sulfonamides is 1. The third-order valence-corrected chi connectivity index (χ3v) is 6.13. The van der Waals surface area contributed by atoms with Crippen LogP contribution in [0.5, 0.6) is 0 Å². The van der Waals surface area contributed by atoms with E-state index >= 15 is 0 Å². The predicted molar refractivity (Wildman–Crippen MR) is 130 cm³/mol. The molecule has 0 bridgehead atoms. The van der Waals surface area contributed by atoms with Gasteiger partial charge in [-0.2, -0.15) is 0 Å². The Kier molecular flexibility index (Phi) is 6.79. The number of carbonyl (C=O) groups is 1. The maximum Gasteiger partial charge on any atom is 0.253 e. The van der Waals surface area contributed by atoms with Crippen molar-refractivity contribution in [3.63, 3.8) is 0 Å². The topological polar surface area (TPSA) is 80.2 Å². The van der Waals surface area contributed by atoms with Crippen molar-refractivity contribution in [2.24, 2.45) is 0 Å². The first-order valence-electron chi connectivity index (χ1n) is 10.6. The molecule has 170 valence electrons. The SMILES string of the molecule is Cc1cc(C(=O)NC(C)c2ccccc2NS(C)(=O)=O)c(C)n1-c1cccc(C(C)C)c1. The quantitative estimate of drug-likeness (QED) is 0.523. The number of hydrogen-bond acceptors (Lipinski definition) is 3. The molecule has 0 saturated carbocycles. The number of para-hydroxylation sites is 1. The van der Waals surface area contributed by atoms with Crippen LogP contribution in [0.2, 0.25) is 0 Å². The summed E-state index contributed by atoms with van der Waals surface area (Å²) in [4.78, 5) is 13.2. The molecule has 3 rings (SSSR count). The average Bonchev–Trinajstić information content (AvgIpc) is 3.01. The smallest absolute Gasteiger partial charge is 0.253 e. The molecular weight excluding hydrogens is 422 g/mol. The largest absolute Gasteiger partial charge is 0.345 e. The van der Waals surface area contributed by atoms with E-state index in [0.717, 1.165) is 23.3 Å². The number of amides is 1. The van der Waals surface area contributed by atoms with Gasteiger partial charge in [0.1, 0.15) is 0 Å². The number of nitrogens with one attached hydrogen (secondary N) is 2. The fraction of sp³-hybridized carbons (Fsp3) is 0.320. The van der Waals surface area contributed by atoms with Gasteiger partial charge in [0.15, 0.2) is 0 Å². The summed E-state index contributed by atoms with van der Waals surface area (Å²) in [6, 6.07) is 16.9. The third kappa shape index (κ3) is 5.22. The van der Waals surface area contributed by atoms with E-state index in [2.05, 4.69) is 40.6 Å². The van der Waals surface area contributed by atoms with Crippen LogP contribution in [0.15, 0.2) is 54.6 Å². The molecule has 7 heteroatoms. The molecular formula is C25H31N3O3S. The van der Waals surface area contributed by atoms with Crippen LogP contribution in [0.4, 0.5) is 5.69 Å². The van der Waals surface area contributed by atoms with Crippen LogP contribution in [0.25, 0.3) is 5.69 Å². The molecule has 1 atom stereocenters. The van der Waals surface area contributed by atoms with Crippen molar-refractivity contribution in [2.75, 3.05) is 11.0 Å². The van der Waals surface area contributed by atoms with Gasteiger partial charge in [0.25, 0.3) is 5.91 Å². The summed E-state index contributed by atoms with van der Waals surface area (Å²) in [6.45, 7) is 10.1. The number of nitrogens with zero attached hydrogens (tertiary/aromatic N) is 1. The monoisotopic (exact) mass is 453 g/mol. The van der Waals surface area contributed by atoms with E-state index in [4.69, 9.17) is 0 Å². The Morgan fingerprint density at radius 2 is 1.66 bits per heavy atom. The van der Waals surface area contributed by atoms with Gasteiger partial charge in [-0.3, -0.25) is 9.52 Å². The molecule has 6 nitrogen and oxygen atoms in total. The van der Waals surface area contributed by atoms with Crippen molar-refractivity contribution in [3.05, 3.63) is 82.7 Å². The highest BCUT2D eigenvalue weighted by Crippen LogP contribution is 2.26. The van der Waals surface area contributed by atoms with E-state index in [1.807, 2.05) is 45.0 Å². The number of hydrogen-bond donors (Lipinski definition) is 2. The van der Waals surface area contributed by atoms with Gasteiger partial charge < -0.3 is 9.88 Å². The predicted octanol–water partition coefficient (Wildman–Crippen LogP) is 5.08. The number of benzene rings is 2. The molecule has 0 fully saturated rings. The van der Waals surface area contributed by atoms with Crippen LogP contribution in [0, 0.1) is 13.8 Å². The summed E-state index contributed by atoms with van der Waals surface area (Å²) in [5.41, 5.74) is 5.85. The zero-order valence-corrected chi connectivity index (χ0v) is 20.2. The maximum absolute atomic E-state index is 13.2. The van der Waals surface area contributed by atoms with Gasteiger partial charge in [-0.15, -0.1) is 0 Å². The first-order valence-corrected chi connectivity index (χ1v) is 12.5. The van der Waals surface area contributed by atoms with Crippen LogP contribution in [-0.2, 0) is 10.0 Å². The van der Waals surface area contributed by atoms with Crippen molar-refractivity contribution in [3.8, 4) is 5.69 Å². The van der Waals surface area contributed by atoms with E-state index in [0.29, 0.717) is 22.7 Å². The Bertz CT molecular complexity index is 1240. The second-order valence-corrected chi connectivity index (χ2v) is 10.3. The van der Waals surface area contributed by atoms with Gasteiger partial charge in [0.2, 0.25) is 10.0 Å². The van der Waals surface area contributed by atoms with Crippen molar-refractivity contribution < 1.29 is 13.2 Å². The van der Waals surface area contributed by atoms with Gasteiger partial charge in [0.05, 0.1) is 23.5 Å². The zero-order chi connectivity index (χ0) is 23.6. The van der Waals surface area contributed by atoms with Crippen LogP contribution in [-0.4, -0.2) is 25.1 Å². The van der Waals surface area contributed by atoms with E-state index in [-0.39, 0.29) is 11.9 Å². The Morgan fingerprint density at radius 1 is 0.969 bits per heavy atom. The molecule has 3 aromatic rings. The molecule has 1 aromatic heterocycles. The molecule has 2 aromatic carbocycles. The van der Waals surface area contributed by atoms with Crippen molar-refractivity contribution in [1.29, 1.82) is 0 Å². The summed E-state index contributed by atoms with van der Waals surface area (Å²) >= 11 is 0. The second kappa shape index (κ2) is 9.20. The number of aryl methyl sites for hydroxylation is 1. The van der Waals surface area contributed by atoms with Crippen molar-refractivity contribution >= 4 is 21.6 Å². The van der Waals surface area contributed by atoms with Crippen LogP contribution in [0.3, 0.4) is 0 Å². The molecule has 0 aliphatic rings. The first kappa shape index (κ1) is 23.6. The van der Waals surface area contributed by atoms with E-state index in [1.165, 1.54) is 5.56 Å². The highest BCUT2D eigenvalue weighted by Gasteiger charge is 2.20. The van der Waals surface area contributed by atoms with E-state index < -0.39 is 10.0 Å². The average molecular weight is 454 g/mol. The minimum Gasteiger partial charge on any atom is -0.345 e. The number of aromatic nitrogens is 1. The lowest BCUT2D eigenvalue weighted by molar-refractivity contribution is 0.0939. The highest BCUT2D eigenvalue weighted by molar-refractivity contribution is 7.92. The molecule has 32 heavy (non-hydrogen) atoms. The standard InChI is InChI=1S/C25H31N3O3S/c1-16(2)20-10-9-11-21(15-20)28-17(3)14-23(19(28)5)25(29)26-18(4)22-12-7-8-13-24(22)27-32(6,30)31/h7-16,18,27H,1-6H3,(H,26,29). The summed E-state index contributed by atoms with van der Waals surface area (Å²) in [5.74, 6) is 0.210. The van der Waals surface area contributed by atoms with Gasteiger partial charge in [0, 0.05) is 17.1 Å². The van der Waals surface area contributed by atoms with Gasteiger partial charge >= 0.3 is 0 Å². The Hall–Kier alpha value is -3.06. The minimum absolute atomic E-state index is 0.203. The molecule has 1 unspecified atom stereocenters. The lowest BCUT2D eigenvalue weighted by Crippen LogP contribution is -2.28. The van der Waals surface area contributed by atoms with Gasteiger partial charge in [-0.25, -0.2) is 8.42 Å². The molecule has 1 heterocycles. The number of anilines is 1. The Morgan fingerprint density at radius 3 is 2.31 bits per heavy atom. The third-order valence-electron chi connectivity index (χ3n) is 5.54. The second-order valence-electron chi connectivity index (χ2n) is 8.53. The van der Waals surface area contributed by atoms with Crippen molar-refractivity contribution in [1.82, 2.24) is 9.88 Å². The van der Waals surface area contributed by atoms with Crippen molar-refractivity contribution in [2.45, 2.75) is 46.6 Å². The highest BCUT2D eigenvalue weighted by atomic mass is 32.2. The minimum atomic E-state index is -3.43. The van der Waals surface area contributed by atoms with E-state index in [1.54, 1.807) is 18.2 Å². The lowest BCUT2D eigenvalue weighted by atomic mass is 10.0. The normalized spacial score (nSPS) is 12.6. The number of carbonyl (C=O) groups excluding carboxylic acids is 1. The van der Waals surface area contributed by atoms with Crippen LogP contribution < -0.4 is 10.0 Å². The van der Waals surface area contributed by atoms with Crippen LogP contribution in [0.1, 0.15) is 65.6 Å². The summed E-state index contributed by atoms with van der Waals surface area (Å²) in [6.07, 6.45) is 1.11. The maximum atomic E-state index is 13.2. The molecule has 0 aliphatic carbocycles. The molecule has 0 saturated heterocycles. The van der Waals surface area contributed by atoms with Gasteiger partial charge in [-0.1, -0.05) is 44.2 Å². The van der Waals surface area contributed by atoms with Gasteiger partial charge in [-0.05, 0) is 62.1 Å². The first-order chi connectivity index (χ1) is 15.0. The molecule has 1 amide bonds. The molecule has 0 aliphatic heterocycles. The van der Waals surface area contributed by atoms with E-state index in [9.17, 15) is 13.2 Å². The molecule has 0 radical (unpaired) electrons. The molecule has 0 spiro atoms. The lowest BCUT2D eigenvalue weighted by Gasteiger charge is -2.18. The fourth-order valence-electron chi connectivity index (χ4n) is 3.93. The zero-order valence-electron chi connectivity index (χ0n) is 19.4. The van der Waals surface area contributed by atoms with Crippen LogP contribution >= 0.6 is 0 Å². The Balaban J connectivity index is 1.89. The summed E-state index contributed by atoms with van der Waals surface area (Å²) in [7, 11) is -3.43. The molecule has 2 N–H and O–H groups in total. The fourth-order valence-corrected chi connectivity index (χ4v) is 4.52. The Labute approximate surface area is 190 Å². The summed E-state index contributed by atoms with van der Waals surface area (Å²) in [5, 5.41) is 3.01.